The zero-order chi connectivity index (χ0) is 13.8. The Morgan fingerprint density at radius 2 is 2.28 bits per heavy atom. The van der Waals surface area contributed by atoms with Crippen LogP contribution in [0.15, 0.2) is 18.5 Å². The zero-order valence-corrected chi connectivity index (χ0v) is 11.7. The van der Waals surface area contributed by atoms with E-state index in [4.69, 9.17) is 11.6 Å². The predicted molar refractivity (Wildman–Crippen MR) is 71.7 cm³/mol. The Bertz CT molecular complexity index is 419. The van der Waals surface area contributed by atoms with E-state index in [0.29, 0.717) is 22.9 Å². The van der Waals surface area contributed by atoms with Gasteiger partial charge >= 0.3 is 0 Å². The molecule has 0 aliphatic carbocycles. The standard InChI is InChI=1S/C13H19ClN2O2/c1-9(2)6-13(3,18)8-16-12(17)10-4-5-15-7-11(10)14/h4-5,7,9,18H,6,8H2,1-3H3,(H,16,17). The van der Waals surface area contributed by atoms with Gasteiger partial charge in [0.2, 0.25) is 0 Å². The van der Waals surface area contributed by atoms with Crippen molar-refractivity contribution in [3.8, 4) is 0 Å². The number of halogens is 1. The number of nitrogens with one attached hydrogen (secondary N) is 1. The van der Waals surface area contributed by atoms with Crippen LogP contribution in [0.3, 0.4) is 0 Å². The number of nitrogens with zero attached hydrogens (tertiary/aromatic N) is 1. The van der Waals surface area contributed by atoms with E-state index in [0.717, 1.165) is 0 Å². The molecule has 5 heteroatoms. The monoisotopic (exact) mass is 270 g/mol. The van der Waals surface area contributed by atoms with E-state index in [1.807, 2.05) is 13.8 Å². The first kappa shape index (κ1) is 14.9. The summed E-state index contributed by atoms with van der Waals surface area (Å²) < 4.78 is 0. The van der Waals surface area contributed by atoms with Crippen LogP contribution >= 0.6 is 11.6 Å². The van der Waals surface area contributed by atoms with Gasteiger partial charge in [0.1, 0.15) is 0 Å². The third kappa shape index (κ3) is 4.63. The Balaban J connectivity index is 2.59. The summed E-state index contributed by atoms with van der Waals surface area (Å²) in [5.41, 5.74) is -0.546. The fraction of sp³-hybridized carbons (Fsp3) is 0.538. The van der Waals surface area contributed by atoms with Crippen LogP contribution in [0.4, 0.5) is 0 Å². The predicted octanol–water partition coefficient (Wildman–Crippen LogP) is 2.26. The number of pyridine rings is 1. The molecule has 0 aliphatic heterocycles. The van der Waals surface area contributed by atoms with Crippen LogP contribution in [-0.4, -0.2) is 28.1 Å². The number of carbonyl (C=O) groups is 1. The Morgan fingerprint density at radius 1 is 1.61 bits per heavy atom. The van der Waals surface area contributed by atoms with Crippen molar-refractivity contribution in [2.45, 2.75) is 32.8 Å². The molecule has 4 nitrogen and oxygen atoms in total. The molecule has 0 saturated heterocycles. The van der Waals surface area contributed by atoms with Gasteiger partial charge in [0, 0.05) is 18.9 Å². The Hall–Kier alpha value is -1.13. The van der Waals surface area contributed by atoms with E-state index in [2.05, 4.69) is 10.3 Å². The van der Waals surface area contributed by atoms with E-state index < -0.39 is 5.60 Å². The van der Waals surface area contributed by atoms with Gasteiger partial charge in [-0.1, -0.05) is 25.4 Å². The first-order valence-corrected chi connectivity index (χ1v) is 6.30. The van der Waals surface area contributed by atoms with Gasteiger partial charge in [-0.05, 0) is 25.3 Å². The van der Waals surface area contributed by atoms with E-state index in [-0.39, 0.29) is 12.5 Å². The van der Waals surface area contributed by atoms with Crippen molar-refractivity contribution in [3.63, 3.8) is 0 Å². The summed E-state index contributed by atoms with van der Waals surface area (Å²) in [7, 11) is 0. The van der Waals surface area contributed by atoms with Gasteiger partial charge in [-0.3, -0.25) is 9.78 Å². The summed E-state index contributed by atoms with van der Waals surface area (Å²) in [5, 5.41) is 13.1. The lowest BCUT2D eigenvalue weighted by atomic mass is 9.94. The summed E-state index contributed by atoms with van der Waals surface area (Å²) in [5.74, 6) is 0.0628. The molecule has 1 unspecified atom stereocenters. The molecule has 0 bridgehead atoms. The topological polar surface area (TPSA) is 62.2 Å². The maximum absolute atomic E-state index is 11.9. The largest absolute Gasteiger partial charge is 0.388 e. The molecule has 1 rings (SSSR count). The van der Waals surface area contributed by atoms with Gasteiger partial charge in [-0.25, -0.2) is 0 Å². The molecular formula is C13H19ClN2O2. The molecular weight excluding hydrogens is 252 g/mol. The Morgan fingerprint density at radius 3 is 2.83 bits per heavy atom. The van der Waals surface area contributed by atoms with Crippen molar-refractivity contribution >= 4 is 17.5 Å². The molecule has 0 radical (unpaired) electrons. The molecule has 1 aromatic heterocycles. The summed E-state index contributed by atoms with van der Waals surface area (Å²) >= 11 is 5.87. The van der Waals surface area contributed by atoms with Crippen molar-refractivity contribution in [1.82, 2.24) is 10.3 Å². The van der Waals surface area contributed by atoms with Gasteiger partial charge in [-0.2, -0.15) is 0 Å². The van der Waals surface area contributed by atoms with Crippen LogP contribution in [0.5, 0.6) is 0 Å². The summed E-state index contributed by atoms with van der Waals surface area (Å²) in [4.78, 5) is 15.7. The summed E-state index contributed by atoms with van der Waals surface area (Å²) in [6.07, 6.45) is 3.55. The number of aliphatic hydroxyl groups is 1. The quantitative estimate of drug-likeness (QED) is 0.863. The molecule has 2 N–H and O–H groups in total. The van der Waals surface area contributed by atoms with Crippen LogP contribution in [-0.2, 0) is 0 Å². The lowest BCUT2D eigenvalue weighted by Gasteiger charge is -2.25. The highest BCUT2D eigenvalue weighted by atomic mass is 35.5. The minimum Gasteiger partial charge on any atom is -0.388 e. The van der Waals surface area contributed by atoms with E-state index in [1.165, 1.54) is 12.4 Å². The molecule has 0 spiro atoms. The van der Waals surface area contributed by atoms with Crippen molar-refractivity contribution in [1.29, 1.82) is 0 Å². The van der Waals surface area contributed by atoms with Crippen molar-refractivity contribution in [2.24, 2.45) is 5.92 Å². The van der Waals surface area contributed by atoms with Crippen LogP contribution in [0.25, 0.3) is 0 Å². The smallest absolute Gasteiger partial charge is 0.253 e. The van der Waals surface area contributed by atoms with Crippen molar-refractivity contribution in [2.75, 3.05) is 6.54 Å². The highest BCUT2D eigenvalue weighted by Gasteiger charge is 2.23. The van der Waals surface area contributed by atoms with E-state index >= 15 is 0 Å². The lowest BCUT2D eigenvalue weighted by Crippen LogP contribution is -2.41. The molecule has 1 amide bonds. The van der Waals surface area contributed by atoms with Crippen LogP contribution in [0.2, 0.25) is 5.02 Å². The first-order valence-electron chi connectivity index (χ1n) is 5.92. The van der Waals surface area contributed by atoms with Crippen LogP contribution in [0, 0.1) is 5.92 Å². The van der Waals surface area contributed by atoms with Gasteiger partial charge in [-0.15, -0.1) is 0 Å². The molecule has 0 saturated carbocycles. The minimum absolute atomic E-state index is 0.197. The maximum atomic E-state index is 11.9. The third-order valence-corrected chi connectivity index (χ3v) is 2.80. The Labute approximate surface area is 112 Å². The number of carbonyl (C=O) groups excluding carboxylic acids is 1. The number of hydrogen-bond acceptors (Lipinski definition) is 3. The zero-order valence-electron chi connectivity index (χ0n) is 10.9. The first-order chi connectivity index (χ1) is 8.32. The number of hydrogen-bond donors (Lipinski definition) is 2. The second-order valence-electron chi connectivity index (χ2n) is 5.13. The Kier molecular flexibility index (Phi) is 5.11. The number of aromatic nitrogens is 1. The molecule has 1 aromatic rings. The molecule has 0 fully saturated rings. The lowest BCUT2D eigenvalue weighted by molar-refractivity contribution is 0.0368. The molecule has 18 heavy (non-hydrogen) atoms. The molecule has 1 atom stereocenters. The molecule has 0 aliphatic rings. The minimum atomic E-state index is -0.913. The van der Waals surface area contributed by atoms with Gasteiger partial charge in [0.05, 0.1) is 16.2 Å². The highest BCUT2D eigenvalue weighted by molar-refractivity contribution is 6.33. The van der Waals surface area contributed by atoms with Crippen molar-refractivity contribution in [3.05, 3.63) is 29.0 Å². The van der Waals surface area contributed by atoms with Gasteiger partial charge < -0.3 is 10.4 Å². The highest BCUT2D eigenvalue weighted by Crippen LogP contribution is 2.16. The summed E-state index contributed by atoms with van der Waals surface area (Å²) in [6, 6.07) is 1.55. The maximum Gasteiger partial charge on any atom is 0.253 e. The van der Waals surface area contributed by atoms with Gasteiger partial charge in [0.25, 0.3) is 5.91 Å². The average molecular weight is 271 g/mol. The van der Waals surface area contributed by atoms with E-state index in [1.54, 1.807) is 13.0 Å². The number of rotatable bonds is 5. The van der Waals surface area contributed by atoms with Crippen LogP contribution < -0.4 is 5.32 Å². The third-order valence-electron chi connectivity index (χ3n) is 2.49. The second-order valence-corrected chi connectivity index (χ2v) is 5.54. The average Bonchev–Trinajstić information content (AvgIpc) is 2.25. The number of amides is 1. The normalized spacial score (nSPS) is 14.3. The van der Waals surface area contributed by atoms with E-state index in [9.17, 15) is 9.90 Å². The summed E-state index contributed by atoms with van der Waals surface area (Å²) in [6.45, 7) is 5.95. The SMILES string of the molecule is CC(C)CC(C)(O)CNC(=O)c1ccncc1Cl. The second kappa shape index (κ2) is 6.16. The molecule has 0 aromatic carbocycles. The van der Waals surface area contributed by atoms with Gasteiger partial charge in [0.15, 0.2) is 0 Å². The molecule has 100 valence electrons. The molecule has 1 heterocycles. The van der Waals surface area contributed by atoms with Crippen molar-refractivity contribution < 1.29 is 9.90 Å². The fourth-order valence-electron chi connectivity index (χ4n) is 1.88. The van der Waals surface area contributed by atoms with Crippen LogP contribution in [0.1, 0.15) is 37.6 Å². The fourth-order valence-corrected chi connectivity index (χ4v) is 2.08.